The Kier molecular flexibility index (Phi) is 6.39. The summed E-state index contributed by atoms with van der Waals surface area (Å²) in [6.07, 6.45) is -0.0501. The molecule has 0 aliphatic carbocycles. The number of piperazine rings is 1. The van der Waals surface area contributed by atoms with Crippen molar-refractivity contribution in [1.82, 2.24) is 5.32 Å². The number of benzene rings is 2. The van der Waals surface area contributed by atoms with Crippen LogP contribution in [0.1, 0.15) is 6.42 Å². The van der Waals surface area contributed by atoms with Crippen LogP contribution in [0.25, 0.3) is 11.1 Å². The molecule has 28 heavy (non-hydrogen) atoms. The van der Waals surface area contributed by atoms with Crippen molar-refractivity contribution in [2.45, 2.75) is 12.5 Å². The van der Waals surface area contributed by atoms with Gasteiger partial charge in [-0.25, -0.2) is 0 Å². The molecule has 1 fully saturated rings. The van der Waals surface area contributed by atoms with Crippen molar-refractivity contribution in [2.24, 2.45) is 0 Å². The highest BCUT2D eigenvalue weighted by atomic mass is 16.5. The van der Waals surface area contributed by atoms with Crippen LogP contribution in [0.5, 0.6) is 0 Å². The van der Waals surface area contributed by atoms with E-state index < -0.39 is 12.0 Å². The van der Waals surface area contributed by atoms with Crippen LogP contribution in [0.3, 0.4) is 0 Å². The number of rotatable bonds is 6. The van der Waals surface area contributed by atoms with E-state index in [1.54, 1.807) is 0 Å². The van der Waals surface area contributed by atoms with Crippen molar-refractivity contribution in [3.63, 3.8) is 0 Å². The van der Waals surface area contributed by atoms with Crippen molar-refractivity contribution in [1.29, 1.82) is 0 Å². The summed E-state index contributed by atoms with van der Waals surface area (Å²) in [4.78, 5) is 37.2. The van der Waals surface area contributed by atoms with Gasteiger partial charge < -0.3 is 20.3 Å². The molecule has 1 aliphatic rings. The van der Waals surface area contributed by atoms with Gasteiger partial charge in [0, 0.05) is 11.3 Å². The number of para-hydroxylation sites is 1. The van der Waals surface area contributed by atoms with Crippen LogP contribution in [0.15, 0.2) is 54.6 Å². The van der Waals surface area contributed by atoms with Gasteiger partial charge in [0.05, 0.1) is 20.2 Å². The average molecular weight is 382 g/mol. The second-order valence-corrected chi connectivity index (χ2v) is 6.67. The van der Waals surface area contributed by atoms with Gasteiger partial charge >= 0.3 is 5.97 Å². The highest BCUT2D eigenvalue weighted by molar-refractivity contribution is 5.96. The molecule has 3 rings (SSSR count). The maximum absolute atomic E-state index is 12.7. The molecule has 1 aliphatic heterocycles. The molecule has 2 aromatic rings. The fourth-order valence-electron chi connectivity index (χ4n) is 3.39. The highest BCUT2D eigenvalue weighted by Crippen LogP contribution is 2.27. The number of ether oxygens (including phenoxy) is 1. The van der Waals surface area contributed by atoms with Crippen molar-refractivity contribution in [3.8, 4) is 11.1 Å². The molecule has 0 bridgehead atoms. The number of anilines is 1. The molecule has 0 saturated carbocycles. The Morgan fingerprint density at radius 1 is 1.14 bits per heavy atom. The summed E-state index contributed by atoms with van der Waals surface area (Å²) in [5.74, 6) is -0.901. The Bertz CT molecular complexity index is 854. The van der Waals surface area contributed by atoms with Gasteiger partial charge in [-0.05, 0) is 11.6 Å². The first-order valence-corrected chi connectivity index (χ1v) is 9.22. The van der Waals surface area contributed by atoms with Gasteiger partial charge in [0.2, 0.25) is 0 Å². The smallest absolute Gasteiger partial charge is 0.312 e. The largest absolute Gasteiger partial charge is 0.469 e. The van der Waals surface area contributed by atoms with E-state index >= 15 is 0 Å². The predicted molar refractivity (Wildman–Crippen MR) is 105 cm³/mol. The van der Waals surface area contributed by atoms with Gasteiger partial charge in [0.15, 0.2) is 12.6 Å². The first kappa shape index (κ1) is 19.6. The summed E-state index contributed by atoms with van der Waals surface area (Å²) in [6.45, 7) is 1.14. The first-order valence-electron chi connectivity index (χ1n) is 9.22. The number of quaternary nitrogens is 1. The lowest BCUT2D eigenvalue weighted by atomic mass is 10.0. The second-order valence-electron chi connectivity index (χ2n) is 6.67. The number of nitrogens with one attached hydrogen (secondary N) is 3. The van der Waals surface area contributed by atoms with Crippen LogP contribution in [0.2, 0.25) is 0 Å². The molecule has 1 unspecified atom stereocenters. The zero-order valence-corrected chi connectivity index (χ0v) is 15.7. The van der Waals surface area contributed by atoms with E-state index in [1.165, 1.54) is 7.11 Å². The molecule has 7 heteroatoms. The van der Waals surface area contributed by atoms with Gasteiger partial charge in [0.25, 0.3) is 11.8 Å². The average Bonchev–Trinajstić information content (AvgIpc) is 2.71. The number of methoxy groups -OCH3 is 1. The molecule has 2 aromatic carbocycles. The van der Waals surface area contributed by atoms with Gasteiger partial charge in [-0.2, -0.15) is 0 Å². The van der Waals surface area contributed by atoms with Crippen LogP contribution < -0.4 is 15.5 Å². The topological polar surface area (TPSA) is 88.9 Å². The monoisotopic (exact) mass is 382 g/mol. The minimum Gasteiger partial charge on any atom is -0.469 e. The third kappa shape index (κ3) is 4.75. The Morgan fingerprint density at radius 2 is 1.86 bits per heavy atom. The highest BCUT2D eigenvalue weighted by Gasteiger charge is 2.36. The second kappa shape index (κ2) is 9.14. The lowest BCUT2D eigenvalue weighted by molar-refractivity contribution is -0.909. The van der Waals surface area contributed by atoms with Crippen LogP contribution >= 0.6 is 0 Å². The minimum atomic E-state index is -0.628. The number of carbonyl (C=O) groups excluding carboxylic acids is 3. The lowest BCUT2D eigenvalue weighted by Crippen LogP contribution is -3.20. The van der Waals surface area contributed by atoms with Crippen molar-refractivity contribution < 1.29 is 24.0 Å². The summed E-state index contributed by atoms with van der Waals surface area (Å²) in [6, 6.07) is 16.8. The molecule has 1 saturated heterocycles. The Hall–Kier alpha value is -3.19. The summed E-state index contributed by atoms with van der Waals surface area (Å²) >= 11 is 0. The fourth-order valence-corrected chi connectivity index (χ4v) is 3.39. The summed E-state index contributed by atoms with van der Waals surface area (Å²) in [7, 11) is 1.29. The fraction of sp³-hybridized carbons (Fsp3) is 0.286. The normalized spacial score (nSPS) is 18.8. The Labute approximate surface area is 163 Å². The molecule has 0 aromatic heterocycles. The molecule has 7 nitrogen and oxygen atoms in total. The van der Waals surface area contributed by atoms with Gasteiger partial charge in [0.1, 0.15) is 6.42 Å². The zero-order valence-electron chi connectivity index (χ0n) is 15.7. The van der Waals surface area contributed by atoms with E-state index in [0.29, 0.717) is 18.8 Å². The standard InChI is InChI=1S/C21H23N3O4/c1-28-20(26)13-18-21(27)22-11-12-24(18)14-19(25)23-17-10-6-5-9-16(17)15-7-3-2-4-8-15/h2-10,18H,11-14H2,1H3,(H,22,27)(H,23,25)/p+1/t18-/m0/s1. The van der Waals surface area contributed by atoms with E-state index in [-0.39, 0.29) is 24.8 Å². The summed E-state index contributed by atoms with van der Waals surface area (Å²) in [5, 5.41) is 5.70. The summed E-state index contributed by atoms with van der Waals surface area (Å²) < 4.78 is 4.68. The lowest BCUT2D eigenvalue weighted by Gasteiger charge is -2.30. The Balaban J connectivity index is 1.72. The summed E-state index contributed by atoms with van der Waals surface area (Å²) in [5.41, 5.74) is 2.64. The number of hydrogen-bond donors (Lipinski definition) is 3. The third-order valence-corrected chi connectivity index (χ3v) is 4.83. The Morgan fingerprint density at radius 3 is 2.61 bits per heavy atom. The van der Waals surface area contributed by atoms with Gasteiger partial charge in [-0.15, -0.1) is 0 Å². The minimum absolute atomic E-state index is 0.0501. The van der Waals surface area contributed by atoms with Crippen molar-refractivity contribution in [2.75, 3.05) is 32.1 Å². The molecule has 3 N–H and O–H groups in total. The zero-order chi connectivity index (χ0) is 19.9. The molecular weight excluding hydrogens is 358 g/mol. The van der Waals surface area contributed by atoms with Crippen LogP contribution in [0.4, 0.5) is 5.69 Å². The van der Waals surface area contributed by atoms with Crippen LogP contribution in [-0.2, 0) is 19.1 Å². The van der Waals surface area contributed by atoms with E-state index in [1.807, 2.05) is 54.6 Å². The SMILES string of the molecule is COC(=O)C[C@H]1C(=O)NCC[NH+]1CC(=O)Nc1ccccc1-c1ccccc1. The van der Waals surface area contributed by atoms with Crippen molar-refractivity contribution in [3.05, 3.63) is 54.6 Å². The molecule has 0 spiro atoms. The maximum atomic E-state index is 12.7. The van der Waals surface area contributed by atoms with Crippen LogP contribution in [0, 0.1) is 0 Å². The molecule has 0 radical (unpaired) electrons. The van der Waals surface area contributed by atoms with E-state index in [2.05, 4.69) is 15.4 Å². The van der Waals surface area contributed by atoms with E-state index in [0.717, 1.165) is 16.0 Å². The first-order chi connectivity index (χ1) is 13.6. The van der Waals surface area contributed by atoms with Crippen LogP contribution in [-0.4, -0.2) is 50.6 Å². The maximum Gasteiger partial charge on any atom is 0.312 e. The van der Waals surface area contributed by atoms with Gasteiger partial charge in [-0.1, -0.05) is 48.5 Å². The quantitative estimate of drug-likeness (QED) is 0.625. The predicted octanol–water partition coefficient (Wildman–Crippen LogP) is 0.239. The molecule has 146 valence electrons. The number of carbonyl (C=O) groups is 3. The van der Waals surface area contributed by atoms with Crippen molar-refractivity contribution >= 4 is 23.5 Å². The third-order valence-electron chi connectivity index (χ3n) is 4.83. The molecule has 2 amide bonds. The van der Waals surface area contributed by atoms with E-state index in [4.69, 9.17) is 0 Å². The van der Waals surface area contributed by atoms with Gasteiger partial charge in [-0.3, -0.25) is 14.4 Å². The molecule has 1 heterocycles. The molecular formula is C21H24N3O4+. The number of amides is 2. The number of esters is 1. The number of hydrogen-bond acceptors (Lipinski definition) is 4. The molecule has 2 atom stereocenters. The van der Waals surface area contributed by atoms with E-state index in [9.17, 15) is 14.4 Å².